The Balaban J connectivity index is 2.19. The molecule has 5 nitrogen and oxygen atoms in total. The molecule has 20 heavy (non-hydrogen) atoms. The van der Waals surface area contributed by atoms with Crippen LogP contribution in [0.1, 0.15) is 23.2 Å². The summed E-state index contributed by atoms with van der Waals surface area (Å²) >= 11 is 6.15. The monoisotopic (exact) mass is 296 g/mol. The first-order chi connectivity index (χ1) is 9.54. The molecular formula is C14H17ClN2O3. The summed E-state index contributed by atoms with van der Waals surface area (Å²) < 4.78 is 0. The first kappa shape index (κ1) is 14.7. The summed E-state index contributed by atoms with van der Waals surface area (Å²) in [5, 5.41) is 12.3. The van der Waals surface area contributed by atoms with Crippen molar-refractivity contribution < 1.29 is 14.7 Å². The number of piperidine rings is 1. The van der Waals surface area contributed by atoms with Crippen molar-refractivity contribution in [2.75, 3.05) is 25.0 Å². The number of rotatable bonds is 3. The van der Waals surface area contributed by atoms with E-state index in [1.807, 2.05) is 4.90 Å². The first-order valence-corrected chi connectivity index (χ1v) is 6.90. The van der Waals surface area contributed by atoms with Gasteiger partial charge in [0.15, 0.2) is 0 Å². The van der Waals surface area contributed by atoms with Crippen LogP contribution >= 0.6 is 11.6 Å². The third kappa shape index (κ3) is 2.88. The third-order valence-corrected chi connectivity index (χ3v) is 3.95. The normalized spacial score (nSPS) is 16.0. The van der Waals surface area contributed by atoms with E-state index in [1.54, 1.807) is 25.2 Å². The van der Waals surface area contributed by atoms with Crippen LogP contribution in [0.5, 0.6) is 0 Å². The quantitative estimate of drug-likeness (QED) is 0.895. The van der Waals surface area contributed by atoms with Crippen LogP contribution in [0, 0.1) is 5.92 Å². The summed E-state index contributed by atoms with van der Waals surface area (Å²) in [6.07, 6.45) is 1.40. The van der Waals surface area contributed by atoms with Crippen molar-refractivity contribution in [3.05, 3.63) is 28.8 Å². The second-order valence-electron chi connectivity index (χ2n) is 4.82. The third-order valence-electron chi connectivity index (χ3n) is 3.65. The van der Waals surface area contributed by atoms with Crippen molar-refractivity contribution in [2.24, 2.45) is 5.92 Å². The summed E-state index contributed by atoms with van der Waals surface area (Å²) in [5.41, 5.74) is 0.757. The fourth-order valence-electron chi connectivity index (χ4n) is 2.58. The van der Waals surface area contributed by atoms with Gasteiger partial charge in [-0.25, -0.2) is 4.79 Å². The largest absolute Gasteiger partial charge is 0.478 e. The molecule has 1 amide bonds. The van der Waals surface area contributed by atoms with Crippen LogP contribution in [-0.2, 0) is 4.79 Å². The smallest absolute Gasteiger partial charge is 0.337 e. The van der Waals surface area contributed by atoms with Crippen molar-refractivity contribution in [1.82, 2.24) is 5.32 Å². The van der Waals surface area contributed by atoms with Crippen LogP contribution in [0.4, 0.5) is 5.69 Å². The molecule has 0 atom stereocenters. The lowest BCUT2D eigenvalue weighted by Gasteiger charge is -2.34. The van der Waals surface area contributed by atoms with Gasteiger partial charge in [-0.2, -0.15) is 0 Å². The number of para-hydroxylation sites is 1. The minimum absolute atomic E-state index is 0.00739. The van der Waals surface area contributed by atoms with E-state index in [0.29, 0.717) is 36.6 Å². The van der Waals surface area contributed by atoms with E-state index in [9.17, 15) is 14.7 Å². The van der Waals surface area contributed by atoms with Crippen LogP contribution in [0.3, 0.4) is 0 Å². The molecule has 1 aliphatic rings. The van der Waals surface area contributed by atoms with E-state index < -0.39 is 5.97 Å². The van der Waals surface area contributed by atoms with Crippen molar-refractivity contribution in [1.29, 1.82) is 0 Å². The van der Waals surface area contributed by atoms with Gasteiger partial charge >= 0.3 is 5.97 Å². The molecule has 2 N–H and O–H groups in total. The Labute approximate surface area is 122 Å². The molecule has 0 aromatic heterocycles. The Morgan fingerprint density at radius 1 is 1.35 bits per heavy atom. The number of carboxylic acid groups (broad SMARTS) is 1. The van der Waals surface area contributed by atoms with E-state index in [2.05, 4.69) is 5.32 Å². The number of carboxylic acids is 1. The lowest BCUT2D eigenvalue weighted by molar-refractivity contribution is -0.125. The molecule has 1 aromatic rings. The van der Waals surface area contributed by atoms with Gasteiger partial charge in [0.25, 0.3) is 0 Å². The van der Waals surface area contributed by atoms with Gasteiger partial charge in [0, 0.05) is 26.1 Å². The van der Waals surface area contributed by atoms with E-state index in [1.165, 1.54) is 0 Å². The second kappa shape index (κ2) is 6.13. The zero-order chi connectivity index (χ0) is 14.7. The first-order valence-electron chi connectivity index (χ1n) is 6.53. The predicted molar refractivity (Wildman–Crippen MR) is 77.4 cm³/mol. The number of amides is 1. The van der Waals surface area contributed by atoms with Gasteiger partial charge in [-0.05, 0) is 25.0 Å². The SMILES string of the molecule is CNC(=O)C1CCN(c2c(Cl)cccc2C(=O)O)CC1. The maximum absolute atomic E-state index is 11.6. The summed E-state index contributed by atoms with van der Waals surface area (Å²) in [6.45, 7) is 1.25. The number of anilines is 1. The molecule has 2 rings (SSSR count). The van der Waals surface area contributed by atoms with Gasteiger partial charge in [-0.15, -0.1) is 0 Å². The lowest BCUT2D eigenvalue weighted by atomic mass is 9.95. The fourth-order valence-corrected chi connectivity index (χ4v) is 2.87. The number of hydrogen-bond donors (Lipinski definition) is 2. The molecule has 108 valence electrons. The van der Waals surface area contributed by atoms with Gasteiger partial charge in [-0.3, -0.25) is 4.79 Å². The number of aromatic carboxylic acids is 1. The summed E-state index contributed by atoms with van der Waals surface area (Å²) in [6, 6.07) is 4.87. The highest BCUT2D eigenvalue weighted by atomic mass is 35.5. The Kier molecular flexibility index (Phi) is 4.49. The average molecular weight is 297 g/mol. The Hall–Kier alpha value is -1.75. The lowest BCUT2D eigenvalue weighted by Crippen LogP contribution is -2.40. The van der Waals surface area contributed by atoms with Gasteiger partial charge in [0.05, 0.1) is 16.3 Å². The molecular weight excluding hydrogens is 280 g/mol. The molecule has 0 spiro atoms. The topological polar surface area (TPSA) is 69.6 Å². The van der Waals surface area contributed by atoms with Gasteiger partial charge in [0.2, 0.25) is 5.91 Å². The zero-order valence-electron chi connectivity index (χ0n) is 11.2. The van der Waals surface area contributed by atoms with E-state index in [0.717, 1.165) is 0 Å². The van der Waals surface area contributed by atoms with E-state index >= 15 is 0 Å². The van der Waals surface area contributed by atoms with Gasteiger partial charge in [0.1, 0.15) is 0 Å². The predicted octanol–water partition coefficient (Wildman–Crippen LogP) is 2.00. The zero-order valence-corrected chi connectivity index (χ0v) is 12.0. The highest BCUT2D eigenvalue weighted by Crippen LogP contribution is 2.33. The minimum Gasteiger partial charge on any atom is -0.478 e. The average Bonchev–Trinajstić information content (AvgIpc) is 2.46. The molecule has 1 aliphatic heterocycles. The van der Waals surface area contributed by atoms with E-state index in [4.69, 9.17) is 11.6 Å². The Bertz CT molecular complexity index is 525. The number of nitrogens with zero attached hydrogens (tertiary/aromatic N) is 1. The summed E-state index contributed by atoms with van der Waals surface area (Å²) in [7, 11) is 1.63. The molecule has 1 fully saturated rings. The van der Waals surface area contributed by atoms with Crippen molar-refractivity contribution in [3.63, 3.8) is 0 Å². The number of nitrogens with one attached hydrogen (secondary N) is 1. The number of carbonyl (C=O) groups is 2. The molecule has 0 unspecified atom stereocenters. The van der Waals surface area contributed by atoms with Crippen LogP contribution in [0.2, 0.25) is 5.02 Å². The second-order valence-corrected chi connectivity index (χ2v) is 5.22. The summed E-state index contributed by atoms with van der Waals surface area (Å²) in [5.74, 6) is -0.954. The van der Waals surface area contributed by atoms with E-state index in [-0.39, 0.29) is 17.4 Å². The minimum atomic E-state index is -0.990. The summed E-state index contributed by atoms with van der Waals surface area (Å²) in [4.78, 5) is 24.8. The van der Waals surface area contributed by atoms with Crippen LogP contribution in [-0.4, -0.2) is 37.1 Å². The van der Waals surface area contributed by atoms with Crippen LogP contribution in [0.15, 0.2) is 18.2 Å². The van der Waals surface area contributed by atoms with Crippen molar-refractivity contribution >= 4 is 29.2 Å². The maximum atomic E-state index is 11.6. The fraction of sp³-hybridized carbons (Fsp3) is 0.429. The number of hydrogen-bond acceptors (Lipinski definition) is 3. The van der Waals surface area contributed by atoms with Gasteiger partial charge < -0.3 is 15.3 Å². The number of halogens is 1. The maximum Gasteiger partial charge on any atom is 0.337 e. The van der Waals surface area contributed by atoms with Gasteiger partial charge in [-0.1, -0.05) is 17.7 Å². The number of benzene rings is 1. The Morgan fingerprint density at radius 2 is 2.00 bits per heavy atom. The molecule has 1 heterocycles. The standard InChI is InChI=1S/C14H17ClN2O3/c1-16-13(18)9-5-7-17(8-6-9)12-10(14(19)20)3-2-4-11(12)15/h2-4,9H,5-8H2,1H3,(H,16,18)(H,19,20). The molecule has 0 saturated carbocycles. The van der Waals surface area contributed by atoms with Crippen LogP contribution in [0.25, 0.3) is 0 Å². The molecule has 0 bridgehead atoms. The highest BCUT2D eigenvalue weighted by Gasteiger charge is 2.27. The molecule has 0 radical (unpaired) electrons. The molecule has 1 saturated heterocycles. The van der Waals surface area contributed by atoms with Crippen molar-refractivity contribution in [2.45, 2.75) is 12.8 Å². The van der Waals surface area contributed by atoms with Crippen LogP contribution < -0.4 is 10.2 Å². The van der Waals surface area contributed by atoms with Crippen molar-refractivity contribution in [3.8, 4) is 0 Å². The Morgan fingerprint density at radius 3 is 2.55 bits per heavy atom. The highest BCUT2D eigenvalue weighted by molar-refractivity contribution is 6.34. The number of carbonyl (C=O) groups excluding carboxylic acids is 1. The molecule has 1 aromatic carbocycles. The molecule has 0 aliphatic carbocycles. The molecule has 6 heteroatoms.